The standard InChI is InChI=1S/C24H22BrN3O2/c1-28-19-6-4-7-20(29)23(19)22(18(13-26)24(28)27)17-5-2-3-8-21(17)30-14-15-9-11-16(25)12-10-15/h2-3,5,8-12,22H,4,6-7,14,27H2,1H3/t22-/m0/s1. The Morgan fingerprint density at radius 3 is 2.67 bits per heavy atom. The third-order valence-electron chi connectivity index (χ3n) is 5.71. The van der Waals surface area contributed by atoms with Crippen molar-refractivity contribution < 1.29 is 9.53 Å². The molecule has 0 fully saturated rings. The van der Waals surface area contributed by atoms with Crippen LogP contribution in [0.15, 0.2) is 75.7 Å². The van der Waals surface area contributed by atoms with Gasteiger partial charge in [0.1, 0.15) is 18.2 Å². The van der Waals surface area contributed by atoms with Crippen molar-refractivity contribution in [3.63, 3.8) is 0 Å². The van der Waals surface area contributed by atoms with Gasteiger partial charge in [-0.1, -0.05) is 46.3 Å². The average Bonchev–Trinajstić information content (AvgIpc) is 2.76. The van der Waals surface area contributed by atoms with Gasteiger partial charge in [-0.05, 0) is 36.6 Å². The first-order valence-electron chi connectivity index (χ1n) is 9.87. The molecule has 0 aromatic heterocycles. The minimum Gasteiger partial charge on any atom is -0.489 e. The van der Waals surface area contributed by atoms with Crippen molar-refractivity contribution in [3.05, 3.63) is 86.8 Å². The van der Waals surface area contributed by atoms with Crippen molar-refractivity contribution in [1.82, 2.24) is 4.90 Å². The second-order valence-corrected chi connectivity index (χ2v) is 8.41. The molecule has 0 radical (unpaired) electrons. The van der Waals surface area contributed by atoms with Crippen molar-refractivity contribution in [3.8, 4) is 11.8 Å². The van der Waals surface area contributed by atoms with Crippen molar-refractivity contribution in [2.24, 2.45) is 5.73 Å². The van der Waals surface area contributed by atoms with E-state index in [2.05, 4.69) is 22.0 Å². The molecule has 2 aliphatic rings. The summed E-state index contributed by atoms with van der Waals surface area (Å²) in [5, 5.41) is 9.92. The summed E-state index contributed by atoms with van der Waals surface area (Å²) in [6, 6.07) is 17.8. The van der Waals surface area contributed by atoms with Crippen LogP contribution in [0.4, 0.5) is 0 Å². The quantitative estimate of drug-likeness (QED) is 0.706. The fraction of sp³-hybridized carbons (Fsp3) is 0.250. The SMILES string of the molecule is CN1C(N)=C(C#N)[C@H](c2ccccc2OCc2ccc(Br)cc2)C2=C1CCCC2=O. The highest BCUT2D eigenvalue weighted by molar-refractivity contribution is 9.10. The van der Waals surface area contributed by atoms with E-state index in [0.717, 1.165) is 34.1 Å². The predicted octanol–water partition coefficient (Wildman–Crippen LogP) is 4.76. The molecule has 6 heteroatoms. The van der Waals surface area contributed by atoms with E-state index >= 15 is 0 Å². The van der Waals surface area contributed by atoms with E-state index in [1.165, 1.54) is 0 Å². The molecule has 0 saturated carbocycles. The Hall–Kier alpha value is -3.04. The predicted molar refractivity (Wildman–Crippen MR) is 118 cm³/mol. The molecule has 0 amide bonds. The topological polar surface area (TPSA) is 79.3 Å². The van der Waals surface area contributed by atoms with Gasteiger partial charge < -0.3 is 15.4 Å². The molecule has 5 nitrogen and oxygen atoms in total. The highest BCUT2D eigenvalue weighted by Crippen LogP contribution is 2.46. The number of rotatable bonds is 4. The van der Waals surface area contributed by atoms with Gasteiger partial charge in [-0.2, -0.15) is 5.26 Å². The van der Waals surface area contributed by atoms with Gasteiger partial charge in [0.15, 0.2) is 5.78 Å². The summed E-state index contributed by atoms with van der Waals surface area (Å²) in [6.07, 6.45) is 2.06. The van der Waals surface area contributed by atoms with Crippen LogP contribution < -0.4 is 10.5 Å². The number of carbonyl (C=O) groups is 1. The van der Waals surface area contributed by atoms with Crippen LogP contribution in [0.2, 0.25) is 0 Å². The van der Waals surface area contributed by atoms with Crippen molar-refractivity contribution in [2.45, 2.75) is 31.8 Å². The van der Waals surface area contributed by atoms with Gasteiger partial charge in [0.2, 0.25) is 0 Å². The van der Waals surface area contributed by atoms with Crippen LogP contribution in [0.1, 0.15) is 36.3 Å². The van der Waals surface area contributed by atoms with Gasteiger partial charge >= 0.3 is 0 Å². The first kappa shape index (κ1) is 20.2. The summed E-state index contributed by atoms with van der Waals surface area (Å²) in [5.41, 5.74) is 10.1. The Bertz CT molecular complexity index is 1100. The summed E-state index contributed by atoms with van der Waals surface area (Å²) in [4.78, 5) is 14.7. The Labute approximate surface area is 184 Å². The highest BCUT2D eigenvalue weighted by Gasteiger charge is 2.39. The molecule has 4 rings (SSSR count). The molecule has 2 N–H and O–H groups in total. The second-order valence-electron chi connectivity index (χ2n) is 7.49. The first-order valence-corrected chi connectivity index (χ1v) is 10.7. The van der Waals surface area contributed by atoms with Gasteiger partial charge in [-0.3, -0.25) is 4.79 Å². The lowest BCUT2D eigenvalue weighted by atomic mass is 9.75. The maximum atomic E-state index is 12.9. The number of ketones is 1. The largest absolute Gasteiger partial charge is 0.489 e. The van der Waals surface area contributed by atoms with Gasteiger partial charge in [-0.25, -0.2) is 0 Å². The second kappa shape index (κ2) is 8.37. The van der Waals surface area contributed by atoms with E-state index in [1.54, 1.807) is 4.90 Å². The highest BCUT2D eigenvalue weighted by atomic mass is 79.9. The number of nitrogens with two attached hydrogens (primary N) is 1. The average molecular weight is 464 g/mol. The maximum absolute atomic E-state index is 12.9. The zero-order chi connectivity index (χ0) is 21.3. The fourth-order valence-electron chi connectivity index (χ4n) is 4.17. The van der Waals surface area contributed by atoms with Crippen LogP contribution in [0, 0.1) is 11.3 Å². The lowest BCUT2D eigenvalue weighted by Crippen LogP contribution is -2.36. The van der Waals surface area contributed by atoms with E-state index in [4.69, 9.17) is 10.5 Å². The number of para-hydroxylation sites is 1. The van der Waals surface area contributed by atoms with Crippen LogP contribution >= 0.6 is 15.9 Å². The molecule has 2 aromatic carbocycles. The van der Waals surface area contributed by atoms with Crippen molar-refractivity contribution in [1.29, 1.82) is 5.26 Å². The number of ether oxygens (including phenoxy) is 1. The molecule has 152 valence electrons. The summed E-state index contributed by atoms with van der Waals surface area (Å²) < 4.78 is 7.16. The number of hydrogen-bond acceptors (Lipinski definition) is 5. The number of nitrogens with zero attached hydrogens (tertiary/aromatic N) is 2. The molecule has 1 aliphatic carbocycles. The Morgan fingerprint density at radius 1 is 1.20 bits per heavy atom. The van der Waals surface area contributed by atoms with E-state index < -0.39 is 5.92 Å². The van der Waals surface area contributed by atoms with Gasteiger partial charge in [0, 0.05) is 34.8 Å². The minimum atomic E-state index is -0.505. The van der Waals surface area contributed by atoms with Gasteiger partial charge in [-0.15, -0.1) is 0 Å². The number of allylic oxidation sites excluding steroid dienone is 3. The van der Waals surface area contributed by atoms with Crippen LogP contribution in [-0.4, -0.2) is 17.7 Å². The molecule has 2 aromatic rings. The Morgan fingerprint density at radius 2 is 1.93 bits per heavy atom. The van der Waals surface area contributed by atoms with Gasteiger partial charge in [0.25, 0.3) is 0 Å². The third-order valence-corrected chi connectivity index (χ3v) is 6.23. The molecule has 1 heterocycles. The number of nitriles is 1. The Balaban J connectivity index is 1.76. The van der Waals surface area contributed by atoms with E-state index in [0.29, 0.717) is 35.7 Å². The molecule has 0 bridgehead atoms. The number of hydrogen-bond donors (Lipinski definition) is 1. The number of Topliss-reactive ketones (excluding diaryl/α,β-unsaturated/α-hetero) is 1. The van der Waals surface area contributed by atoms with Crippen LogP contribution in [0.5, 0.6) is 5.75 Å². The molecule has 0 unspecified atom stereocenters. The Kier molecular flexibility index (Phi) is 5.65. The molecular weight excluding hydrogens is 442 g/mol. The zero-order valence-electron chi connectivity index (χ0n) is 16.7. The first-order chi connectivity index (χ1) is 14.5. The third kappa shape index (κ3) is 3.61. The van der Waals surface area contributed by atoms with E-state index in [9.17, 15) is 10.1 Å². The fourth-order valence-corrected chi connectivity index (χ4v) is 4.43. The normalized spacial score (nSPS) is 18.9. The monoisotopic (exact) mass is 463 g/mol. The molecule has 1 aliphatic heterocycles. The lowest BCUT2D eigenvalue weighted by molar-refractivity contribution is -0.116. The van der Waals surface area contributed by atoms with Crippen LogP contribution in [0.3, 0.4) is 0 Å². The minimum absolute atomic E-state index is 0.0797. The van der Waals surface area contributed by atoms with Crippen molar-refractivity contribution >= 4 is 21.7 Å². The zero-order valence-corrected chi connectivity index (χ0v) is 18.3. The molecule has 30 heavy (non-hydrogen) atoms. The van der Waals surface area contributed by atoms with Crippen LogP contribution in [0.25, 0.3) is 0 Å². The summed E-state index contributed by atoms with van der Waals surface area (Å²) in [6.45, 7) is 0.387. The molecule has 1 atom stereocenters. The summed E-state index contributed by atoms with van der Waals surface area (Å²) >= 11 is 3.44. The number of carbonyl (C=O) groups excluding carboxylic acids is 1. The summed E-state index contributed by atoms with van der Waals surface area (Å²) in [5.74, 6) is 0.630. The molecular formula is C24H22BrN3O2. The van der Waals surface area contributed by atoms with Crippen LogP contribution in [-0.2, 0) is 11.4 Å². The lowest BCUT2D eigenvalue weighted by Gasteiger charge is -2.38. The number of benzene rings is 2. The van der Waals surface area contributed by atoms with E-state index in [1.807, 2.05) is 55.6 Å². The molecule has 0 spiro atoms. The van der Waals surface area contributed by atoms with E-state index in [-0.39, 0.29) is 5.78 Å². The van der Waals surface area contributed by atoms with Gasteiger partial charge in [0.05, 0.1) is 17.6 Å². The molecule has 0 saturated heterocycles. The number of halogens is 1. The van der Waals surface area contributed by atoms with Crippen molar-refractivity contribution in [2.75, 3.05) is 7.05 Å². The maximum Gasteiger partial charge on any atom is 0.161 e. The summed E-state index contributed by atoms with van der Waals surface area (Å²) in [7, 11) is 1.83. The smallest absolute Gasteiger partial charge is 0.161 e.